The van der Waals surface area contributed by atoms with Gasteiger partial charge in [-0.15, -0.1) is 0 Å². The summed E-state index contributed by atoms with van der Waals surface area (Å²) in [7, 11) is 0. The molecule has 1 spiro atoms. The van der Waals surface area contributed by atoms with Gasteiger partial charge >= 0.3 is 0 Å². The lowest BCUT2D eigenvalue weighted by Crippen LogP contribution is -2.28. The Morgan fingerprint density at radius 3 is 1.08 bits per heavy atom. The van der Waals surface area contributed by atoms with E-state index in [4.69, 9.17) is 33.1 Å². The highest BCUT2D eigenvalue weighted by molar-refractivity contribution is 6.01. The third-order valence-corrected chi connectivity index (χ3v) is 24.0. The largest absolute Gasteiger partial charge is 0.238 e. The van der Waals surface area contributed by atoms with Crippen LogP contribution in [0.4, 0.5) is 11.4 Å². The van der Waals surface area contributed by atoms with Gasteiger partial charge in [0.1, 0.15) is 0 Å². The van der Waals surface area contributed by atoms with Gasteiger partial charge in [0.2, 0.25) is 0 Å². The highest BCUT2D eigenvalue weighted by Crippen LogP contribution is 2.65. The van der Waals surface area contributed by atoms with Crippen molar-refractivity contribution < 1.29 is 0 Å². The van der Waals surface area contributed by atoms with Gasteiger partial charge in [0, 0.05) is 33.4 Å². The maximum absolute atomic E-state index is 7.96. The van der Waals surface area contributed by atoms with E-state index in [1.807, 2.05) is 66.7 Å². The minimum Gasteiger partial charge on any atom is -0.238 e. The first-order valence-corrected chi connectivity index (χ1v) is 39.9. The maximum Gasteiger partial charge on any atom is 0.187 e. The second-order valence-electron chi connectivity index (χ2n) is 30.4. The highest BCUT2D eigenvalue weighted by Gasteiger charge is 2.52. The second-order valence-corrected chi connectivity index (χ2v) is 30.4. The van der Waals surface area contributed by atoms with Crippen LogP contribution in [0.2, 0.25) is 0 Å². The molecule has 17 aromatic carbocycles. The van der Waals surface area contributed by atoms with Crippen LogP contribution in [-0.4, -0.2) is 19.9 Å². The van der Waals surface area contributed by atoms with Crippen molar-refractivity contribution in [3.63, 3.8) is 0 Å². The van der Waals surface area contributed by atoms with E-state index in [1.54, 1.807) is 0 Å². The number of rotatable bonds is 12. The molecular formula is C112H70N6. The highest BCUT2D eigenvalue weighted by atomic mass is 14.9. The normalized spacial score (nSPS) is 12.5. The van der Waals surface area contributed by atoms with Crippen molar-refractivity contribution >= 4 is 22.1 Å². The average molecular weight is 1500 g/mol. The quantitative estimate of drug-likeness (QED) is 0.114. The number of benzene rings is 17. The van der Waals surface area contributed by atoms with E-state index >= 15 is 0 Å². The van der Waals surface area contributed by atoms with Crippen molar-refractivity contribution in [3.8, 4) is 146 Å². The number of fused-ring (bicyclic) bond motifs is 14. The van der Waals surface area contributed by atoms with Crippen LogP contribution < -0.4 is 0 Å². The minimum atomic E-state index is -0.529. The molecule has 0 radical (unpaired) electrons. The van der Waals surface area contributed by atoms with E-state index in [2.05, 4.69) is 368 Å². The molecule has 0 fully saturated rings. The summed E-state index contributed by atoms with van der Waals surface area (Å²) in [6.07, 6.45) is 0. The van der Waals surface area contributed by atoms with E-state index in [1.165, 1.54) is 88.7 Å². The summed E-state index contributed by atoms with van der Waals surface area (Å²) in [5, 5.41) is 2.39. The Bertz CT molecular complexity index is 7050. The SMILES string of the molecule is [C-]#[N+]c1ccc2c(c1)-c1ccc(-c3ccc(-c4ccc(-c5cc(-c6ccccc6)nc(-c6ccccc6)n5)cc4)cc3)cc1C2(c1ccccc1)c1ccccc1.[C-]#[N+]c1ccc2c(c1)C1(c3ccccc3-c3ccccc31)c1cccc(-c3ccc(-c4ccc(-c5nc(-c6ccccc6)cc(-c6ccc7ccccc7c6)n5)cc4)cc3)c1-2. The van der Waals surface area contributed by atoms with Gasteiger partial charge in [0.15, 0.2) is 23.0 Å². The number of nitrogens with zero attached hydrogens (tertiary/aromatic N) is 6. The number of aromatic nitrogens is 4. The fourth-order valence-electron chi connectivity index (χ4n) is 18.5. The lowest BCUT2D eigenvalue weighted by molar-refractivity contribution is 0.769. The van der Waals surface area contributed by atoms with E-state index in [0.717, 1.165) is 101 Å². The standard InChI is InChI=1S/C58H35N3.C54H35N3/c1-59-45-32-33-49-53(35-45)58(50-19-9-7-16-47(50)48-17-8-10-20-51(48)58)52-21-11-18-46(56(49)52)40-27-22-38(23-28-40)39-24-29-42(30-25-39)57-60-54(41-13-3-2-4-14-41)36-55(61-57)44-31-26-37-12-5-6-15-43(37)34-44;1-55-46-31-33-49-48(35-46)47-32-30-43(34-50(47)54(49,44-18-10-4-11-19-44)45-20-12-5-13-21-45)39-24-22-37(23-25-39)38-26-28-41(29-27-38)52-36-51(40-14-6-2-7-15-40)56-53(57-52)42-16-8-3-9-17-42/h2-36H;2-36H. The van der Waals surface area contributed by atoms with Crippen molar-refractivity contribution in [2.75, 3.05) is 0 Å². The number of hydrogen-bond donors (Lipinski definition) is 0. The molecule has 22 rings (SSSR count). The molecule has 3 aliphatic carbocycles. The fourth-order valence-corrected chi connectivity index (χ4v) is 18.5. The first-order valence-electron chi connectivity index (χ1n) is 39.9. The number of hydrogen-bond acceptors (Lipinski definition) is 4. The van der Waals surface area contributed by atoms with Gasteiger partial charge in [-0.1, -0.05) is 394 Å². The van der Waals surface area contributed by atoms with Crippen LogP contribution in [0.5, 0.6) is 0 Å². The predicted molar refractivity (Wildman–Crippen MR) is 482 cm³/mol. The topological polar surface area (TPSA) is 60.3 Å². The molecule has 0 atom stereocenters. The molecule has 0 N–H and O–H groups in total. The van der Waals surface area contributed by atoms with Gasteiger partial charge in [0.25, 0.3) is 0 Å². The molecule has 2 heterocycles. The van der Waals surface area contributed by atoms with E-state index in [9.17, 15) is 0 Å². The van der Waals surface area contributed by atoms with Crippen LogP contribution >= 0.6 is 0 Å². The molecule has 3 aliphatic rings. The first-order chi connectivity index (χ1) is 58.4. The molecule has 19 aromatic rings. The van der Waals surface area contributed by atoms with Crippen molar-refractivity contribution in [3.05, 3.63) is 492 Å². The molecule has 118 heavy (non-hydrogen) atoms. The van der Waals surface area contributed by atoms with Crippen molar-refractivity contribution in [1.29, 1.82) is 0 Å². The van der Waals surface area contributed by atoms with Crippen LogP contribution in [0, 0.1) is 13.1 Å². The minimum absolute atomic E-state index is 0.503. The molecule has 0 saturated carbocycles. The summed E-state index contributed by atoms with van der Waals surface area (Å²) in [6, 6.07) is 150. The zero-order valence-corrected chi connectivity index (χ0v) is 64.1. The van der Waals surface area contributed by atoms with Crippen molar-refractivity contribution in [2.45, 2.75) is 10.8 Å². The Balaban J connectivity index is 0.000000147. The van der Waals surface area contributed by atoms with E-state index in [-0.39, 0.29) is 0 Å². The molecule has 0 aliphatic heterocycles. The van der Waals surface area contributed by atoms with Gasteiger partial charge in [0.05, 0.1) is 46.7 Å². The van der Waals surface area contributed by atoms with Gasteiger partial charge in [-0.25, -0.2) is 29.6 Å². The molecule has 6 heteroatoms. The Morgan fingerprint density at radius 2 is 0.542 bits per heavy atom. The monoisotopic (exact) mass is 1500 g/mol. The summed E-state index contributed by atoms with van der Waals surface area (Å²) in [5.74, 6) is 1.40. The fraction of sp³-hybridized carbons (Fsp3) is 0.0179. The van der Waals surface area contributed by atoms with Gasteiger partial charge < -0.3 is 0 Å². The molecular weight excluding hydrogens is 1430 g/mol. The Kier molecular flexibility index (Phi) is 17.4. The zero-order chi connectivity index (χ0) is 78.7. The summed E-state index contributed by atoms with van der Waals surface area (Å²) in [6.45, 7) is 15.8. The summed E-state index contributed by atoms with van der Waals surface area (Å²) >= 11 is 0. The Labute approximate surface area is 686 Å². The smallest absolute Gasteiger partial charge is 0.187 e. The van der Waals surface area contributed by atoms with Crippen molar-refractivity contribution in [2.24, 2.45) is 0 Å². The third-order valence-electron chi connectivity index (χ3n) is 24.0. The first kappa shape index (κ1) is 70.0. The molecule has 2 aromatic heterocycles. The summed E-state index contributed by atoms with van der Waals surface area (Å²) in [5.41, 5.74) is 36.2. The second kappa shape index (κ2) is 29.3. The molecule has 0 saturated heterocycles. The lowest BCUT2D eigenvalue weighted by atomic mass is 9.67. The molecule has 6 nitrogen and oxygen atoms in total. The van der Waals surface area contributed by atoms with Gasteiger partial charge in [-0.05, 0) is 164 Å². The maximum atomic E-state index is 7.96. The van der Waals surface area contributed by atoms with Crippen LogP contribution in [-0.2, 0) is 10.8 Å². The van der Waals surface area contributed by atoms with Crippen LogP contribution in [0.15, 0.2) is 425 Å². The zero-order valence-electron chi connectivity index (χ0n) is 64.1. The van der Waals surface area contributed by atoms with Crippen molar-refractivity contribution in [1.82, 2.24) is 19.9 Å². The van der Waals surface area contributed by atoms with Crippen LogP contribution in [0.3, 0.4) is 0 Å². The van der Waals surface area contributed by atoms with Crippen LogP contribution in [0.1, 0.15) is 44.5 Å². The molecule has 0 bridgehead atoms. The average Bonchev–Trinajstić information content (AvgIpc) is 1.50. The van der Waals surface area contributed by atoms with E-state index < -0.39 is 10.8 Å². The van der Waals surface area contributed by atoms with Crippen LogP contribution in [0.25, 0.3) is 166 Å². The predicted octanol–water partition coefficient (Wildman–Crippen LogP) is 28.6. The van der Waals surface area contributed by atoms with E-state index in [0.29, 0.717) is 23.0 Å². The van der Waals surface area contributed by atoms with Gasteiger partial charge in [-0.2, -0.15) is 0 Å². The lowest BCUT2D eigenvalue weighted by Gasteiger charge is -2.34. The Hall–Kier alpha value is -15.9. The third kappa shape index (κ3) is 11.9. The van der Waals surface area contributed by atoms with Gasteiger partial charge in [-0.3, -0.25) is 0 Å². The summed E-state index contributed by atoms with van der Waals surface area (Å²) in [4.78, 5) is 27.9. The Morgan fingerprint density at radius 1 is 0.186 bits per heavy atom. The summed E-state index contributed by atoms with van der Waals surface area (Å²) < 4.78 is 0. The molecule has 0 unspecified atom stereocenters. The molecule has 0 amide bonds. The molecule has 548 valence electrons.